The van der Waals surface area contributed by atoms with Gasteiger partial charge in [0.1, 0.15) is 5.82 Å². The van der Waals surface area contributed by atoms with Gasteiger partial charge in [-0.1, -0.05) is 35.1 Å². The maximum Gasteiger partial charge on any atom is 0.239 e. The molecule has 1 amide bonds. The minimum atomic E-state index is -0.300. The number of halogens is 2. The first-order chi connectivity index (χ1) is 14.5. The van der Waals surface area contributed by atoms with E-state index in [-0.39, 0.29) is 17.5 Å². The van der Waals surface area contributed by atoms with E-state index in [1.54, 1.807) is 29.4 Å². The molecule has 4 nitrogen and oxygen atoms in total. The monoisotopic (exact) mass is 457 g/mol. The molecule has 0 radical (unpaired) electrons. The number of anilines is 1. The molecule has 0 saturated carbocycles. The molecule has 0 aliphatic heterocycles. The van der Waals surface area contributed by atoms with Crippen LogP contribution in [0.1, 0.15) is 11.1 Å². The number of aromatic nitrogens is 2. The summed E-state index contributed by atoms with van der Waals surface area (Å²) in [5.74, 6) is -0.194. The van der Waals surface area contributed by atoms with E-state index in [2.05, 4.69) is 4.98 Å². The zero-order chi connectivity index (χ0) is 21.1. The van der Waals surface area contributed by atoms with Gasteiger partial charge in [-0.15, -0.1) is 11.8 Å². The summed E-state index contributed by atoms with van der Waals surface area (Å²) in [4.78, 5) is 24.5. The number of amides is 1. The van der Waals surface area contributed by atoms with E-state index < -0.39 is 0 Å². The molecule has 4 aromatic rings. The van der Waals surface area contributed by atoms with E-state index in [1.165, 1.54) is 35.2 Å². The van der Waals surface area contributed by atoms with Crippen molar-refractivity contribution in [1.82, 2.24) is 9.97 Å². The summed E-state index contributed by atoms with van der Waals surface area (Å²) in [6.45, 7) is 2.33. The summed E-state index contributed by atoms with van der Waals surface area (Å²) >= 11 is 9.12. The number of benzene rings is 2. The van der Waals surface area contributed by atoms with Crippen LogP contribution in [-0.2, 0) is 11.3 Å². The highest BCUT2D eigenvalue weighted by Crippen LogP contribution is 2.36. The molecule has 0 aliphatic carbocycles. The third-order valence-electron chi connectivity index (χ3n) is 4.46. The third-order valence-corrected chi connectivity index (χ3v) is 6.99. The second kappa shape index (κ2) is 9.12. The van der Waals surface area contributed by atoms with Gasteiger partial charge in [0.15, 0.2) is 5.13 Å². The highest BCUT2D eigenvalue weighted by Gasteiger charge is 2.22. The fraction of sp³-hybridized carbons (Fsp3) is 0.136. The van der Waals surface area contributed by atoms with Crippen LogP contribution in [0.15, 0.2) is 65.8 Å². The van der Waals surface area contributed by atoms with Crippen LogP contribution in [0.4, 0.5) is 9.52 Å². The molecule has 0 aliphatic rings. The number of aryl methyl sites for hydroxylation is 1. The predicted octanol–water partition coefficient (Wildman–Crippen LogP) is 6.12. The molecular weight excluding hydrogens is 441 g/mol. The van der Waals surface area contributed by atoms with E-state index in [1.807, 2.05) is 31.2 Å². The smallest absolute Gasteiger partial charge is 0.239 e. The lowest BCUT2D eigenvalue weighted by molar-refractivity contribution is -0.116. The standard InChI is InChI=1S/C22H17ClFN3OS2/c1-14-4-9-18(23)21-20(14)26-22(30-21)27(12-15-3-2-10-25-11-15)19(28)13-29-17-7-5-16(24)6-8-17/h2-11H,12-13H2,1H3. The van der Waals surface area contributed by atoms with Gasteiger partial charge in [0.2, 0.25) is 5.91 Å². The molecule has 30 heavy (non-hydrogen) atoms. The van der Waals surface area contributed by atoms with Crippen LogP contribution in [0.25, 0.3) is 10.2 Å². The highest BCUT2D eigenvalue weighted by molar-refractivity contribution is 8.00. The minimum Gasteiger partial charge on any atom is -0.283 e. The van der Waals surface area contributed by atoms with Crippen molar-refractivity contribution in [1.29, 1.82) is 0 Å². The molecule has 2 aromatic heterocycles. The summed E-state index contributed by atoms with van der Waals surface area (Å²) in [5, 5.41) is 1.21. The molecule has 2 heterocycles. The van der Waals surface area contributed by atoms with Crippen LogP contribution in [0.5, 0.6) is 0 Å². The Morgan fingerprint density at radius 2 is 2.00 bits per heavy atom. The number of hydrogen-bond acceptors (Lipinski definition) is 5. The molecule has 0 fully saturated rings. The summed E-state index contributed by atoms with van der Waals surface area (Å²) in [7, 11) is 0. The molecule has 152 valence electrons. The van der Waals surface area contributed by atoms with Crippen LogP contribution in [-0.4, -0.2) is 21.6 Å². The van der Waals surface area contributed by atoms with E-state index in [4.69, 9.17) is 16.6 Å². The van der Waals surface area contributed by atoms with Crippen molar-refractivity contribution < 1.29 is 9.18 Å². The van der Waals surface area contributed by atoms with Gasteiger partial charge in [0.05, 0.1) is 27.5 Å². The van der Waals surface area contributed by atoms with Gasteiger partial charge in [0.25, 0.3) is 0 Å². The van der Waals surface area contributed by atoms with Crippen LogP contribution >= 0.6 is 34.7 Å². The van der Waals surface area contributed by atoms with E-state index in [0.717, 1.165) is 26.2 Å². The van der Waals surface area contributed by atoms with Crippen molar-refractivity contribution in [3.05, 3.63) is 82.9 Å². The predicted molar refractivity (Wildman–Crippen MR) is 122 cm³/mol. The molecule has 8 heteroatoms. The fourth-order valence-corrected chi connectivity index (χ4v) is 5.00. The van der Waals surface area contributed by atoms with Gasteiger partial charge in [-0.25, -0.2) is 9.37 Å². The molecule has 0 unspecified atom stereocenters. The maximum absolute atomic E-state index is 13.2. The number of hydrogen-bond donors (Lipinski definition) is 0. The van der Waals surface area contributed by atoms with Crippen molar-refractivity contribution in [3.8, 4) is 0 Å². The van der Waals surface area contributed by atoms with Crippen LogP contribution in [0, 0.1) is 12.7 Å². The summed E-state index contributed by atoms with van der Waals surface area (Å²) in [6.07, 6.45) is 3.43. The normalized spacial score (nSPS) is 11.0. The van der Waals surface area contributed by atoms with Gasteiger partial charge in [-0.05, 0) is 54.4 Å². The average molecular weight is 458 g/mol. The Bertz CT molecular complexity index is 1140. The largest absolute Gasteiger partial charge is 0.283 e. The number of thiazole rings is 1. The summed E-state index contributed by atoms with van der Waals surface area (Å²) in [6, 6.07) is 13.6. The number of fused-ring (bicyclic) bond motifs is 1. The maximum atomic E-state index is 13.2. The van der Waals surface area contributed by atoms with Crippen molar-refractivity contribution in [2.75, 3.05) is 10.7 Å². The third kappa shape index (κ3) is 4.64. The number of pyridine rings is 1. The lowest BCUT2D eigenvalue weighted by Gasteiger charge is -2.19. The van der Waals surface area contributed by atoms with Crippen LogP contribution in [0.3, 0.4) is 0 Å². The second-order valence-electron chi connectivity index (χ2n) is 6.62. The molecule has 4 rings (SSSR count). The number of thioether (sulfide) groups is 1. The van der Waals surface area contributed by atoms with E-state index in [0.29, 0.717) is 16.7 Å². The molecule has 0 spiro atoms. The number of rotatable bonds is 6. The Morgan fingerprint density at radius 3 is 2.70 bits per heavy atom. The Kier molecular flexibility index (Phi) is 6.32. The zero-order valence-electron chi connectivity index (χ0n) is 16.0. The summed E-state index contributed by atoms with van der Waals surface area (Å²) < 4.78 is 14.0. The van der Waals surface area contributed by atoms with Crippen LogP contribution in [0.2, 0.25) is 5.02 Å². The lowest BCUT2D eigenvalue weighted by Crippen LogP contribution is -2.31. The topological polar surface area (TPSA) is 46.1 Å². The molecule has 0 N–H and O–H groups in total. The average Bonchev–Trinajstić information content (AvgIpc) is 3.21. The Morgan fingerprint density at radius 1 is 1.20 bits per heavy atom. The highest BCUT2D eigenvalue weighted by atomic mass is 35.5. The first kappa shape index (κ1) is 20.8. The quantitative estimate of drug-likeness (QED) is 0.327. The van der Waals surface area contributed by atoms with Gasteiger partial charge in [-0.2, -0.15) is 0 Å². The SMILES string of the molecule is Cc1ccc(Cl)c2sc(N(Cc3cccnc3)C(=O)CSc3ccc(F)cc3)nc12. The van der Waals surface area contributed by atoms with Crippen molar-refractivity contribution in [2.24, 2.45) is 0 Å². The number of carbonyl (C=O) groups excluding carboxylic acids is 1. The van der Waals surface area contributed by atoms with E-state index in [9.17, 15) is 9.18 Å². The zero-order valence-corrected chi connectivity index (χ0v) is 18.4. The molecule has 0 saturated heterocycles. The number of nitrogens with zero attached hydrogens (tertiary/aromatic N) is 3. The molecule has 2 aromatic carbocycles. The van der Waals surface area contributed by atoms with Crippen molar-refractivity contribution in [2.45, 2.75) is 18.4 Å². The second-order valence-corrected chi connectivity index (χ2v) is 9.06. The van der Waals surface area contributed by atoms with Crippen molar-refractivity contribution >= 4 is 56.0 Å². The Balaban J connectivity index is 1.64. The Hall–Kier alpha value is -2.48. The Labute approximate surface area is 186 Å². The van der Waals surface area contributed by atoms with Gasteiger partial charge < -0.3 is 0 Å². The summed E-state index contributed by atoms with van der Waals surface area (Å²) in [5.41, 5.74) is 2.71. The van der Waals surface area contributed by atoms with Crippen LogP contribution < -0.4 is 4.90 Å². The molecule has 0 atom stereocenters. The first-order valence-electron chi connectivity index (χ1n) is 9.14. The van der Waals surface area contributed by atoms with E-state index >= 15 is 0 Å². The van der Waals surface area contributed by atoms with Gasteiger partial charge in [-0.3, -0.25) is 14.7 Å². The first-order valence-corrected chi connectivity index (χ1v) is 11.3. The lowest BCUT2D eigenvalue weighted by atomic mass is 10.2. The fourth-order valence-electron chi connectivity index (χ4n) is 2.90. The van der Waals surface area contributed by atoms with Gasteiger partial charge >= 0.3 is 0 Å². The molecular formula is C22H17ClFN3OS2. The van der Waals surface area contributed by atoms with Gasteiger partial charge in [0, 0.05) is 17.3 Å². The number of carbonyl (C=O) groups is 1. The molecule has 0 bridgehead atoms. The van der Waals surface area contributed by atoms with Crippen molar-refractivity contribution in [3.63, 3.8) is 0 Å². The minimum absolute atomic E-state index is 0.0963.